The van der Waals surface area contributed by atoms with Crippen LogP contribution in [0.4, 0.5) is 21.9 Å². The summed E-state index contributed by atoms with van der Waals surface area (Å²) >= 11 is 0. The van der Waals surface area contributed by atoms with Crippen molar-refractivity contribution in [3.63, 3.8) is 0 Å². The van der Waals surface area contributed by atoms with Crippen molar-refractivity contribution in [3.8, 4) is 6.07 Å². The van der Waals surface area contributed by atoms with E-state index in [1.165, 1.54) is 5.56 Å². The van der Waals surface area contributed by atoms with Crippen LogP contribution >= 0.6 is 0 Å². The summed E-state index contributed by atoms with van der Waals surface area (Å²) in [6.45, 7) is 1.65. The van der Waals surface area contributed by atoms with E-state index in [1.54, 1.807) is 24.3 Å². The van der Waals surface area contributed by atoms with Crippen LogP contribution in [-0.2, 0) is 13.0 Å². The van der Waals surface area contributed by atoms with Gasteiger partial charge in [-0.3, -0.25) is 0 Å². The Balaban J connectivity index is 1.35. The fourth-order valence-corrected chi connectivity index (χ4v) is 4.11. The van der Waals surface area contributed by atoms with Crippen molar-refractivity contribution in [2.45, 2.75) is 13.0 Å². The molecule has 0 radical (unpaired) electrons. The van der Waals surface area contributed by atoms with Gasteiger partial charge < -0.3 is 20.5 Å². The normalized spacial score (nSPS) is 12.4. The van der Waals surface area contributed by atoms with Crippen molar-refractivity contribution in [2.24, 2.45) is 0 Å². The van der Waals surface area contributed by atoms with E-state index in [1.807, 2.05) is 24.5 Å². The highest BCUT2D eigenvalue weighted by Crippen LogP contribution is 2.35. The van der Waals surface area contributed by atoms with Gasteiger partial charge in [-0.25, -0.2) is 9.78 Å². The number of nitrogens with one attached hydrogen (secondary N) is 3. The van der Waals surface area contributed by atoms with E-state index in [2.05, 4.69) is 49.8 Å². The fourth-order valence-electron chi connectivity index (χ4n) is 4.11. The lowest BCUT2D eigenvalue weighted by Gasteiger charge is -2.20. The van der Waals surface area contributed by atoms with Crippen molar-refractivity contribution < 1.29 is 4.79 Å². The lowest BCUT2D eigenvalue weighted by molar-refractivity contribution is 0.262. The van der Waals surface area contributed by atoms with Crippen LogP contribution in [0.1, 0.15) is 16.7 Å². The number of urea groups is 1. The van der Waals surface area contributed by atoms with Gasteiger partial charge in [-0.2, -0.15) is 5.26 Å². The van der Waals surface area contributed by atoms with Crippen LogP contribution in [-0.4, -0.2) is 22.5 Å². The number of carbonyl (C=O) groups excluding carboxylic acids is 1. The zero-order valence-electron chi connectivity index (χ0n) is 16.7. The number of carbonyl (C=O) groups is 1. The minimum Gasteiger partial charge on any atom is -0.367 e. The largest absolute Gasteiger partial charge is 0.367 e. The molecule has 31 heavy (non-hydrogen) atoms. The Morgan fingerprint density at radius 3 is 2.84 bits per heavy atom. The molecule has 152 valence electrons. The highest BCUT2D eigenvalue weighted by Gasteiger charge is 2.23. The van der Waals surface area contributed by atoms with Crippen LogP contribution in [0.15, 0.2) is 67.0 Å². The van der Waals surface area contributed by atoms with Crippen molar-refractivity contribution in [1.29, 1.82) is 5.26 Å². The van der Waals surface area contributed by atoms with Crippen molar-refractivity contribution in [3.05, 3.63) is 83.7 Å². The molecule has 2 amide bonds. The number of rotatable bonds is 4. The summed E-state index contributed by atoms with van der Waals surface area (Å²) in [5.41, 5.74) is 6.04. The smallest absolute Gasteiger partial charge is 0.323 e. The average molecular weight is 408 g/mol. The molecule has 1 aliphatic rings. The van der Waals surface area contributed by atoms with E-state index < -0.39 is 0 Å². The molecular formula is C24H20N6O. The van der Waals surface area contributed by atoms with Gasteiger partial charge in [0.15, 0.2) is 0 Å². The standard InChI is InChI=1S/C24H20N6O/c25-14-16-4-1-2-5-20(16)28-24(31)29-21-6-3-7-22-19(21)10-13-30(22)15-17-8-11-26-23-18(17)9-12-27-23/h1-9,11-12H,10,13,15H2,(H,26,27)(H2,28,29,31). The van der Waals surface area contributed by atoms with Gasteiger partial charge in [-0.05, 0) is 48.4 Å². The number of hydrogen-bond acceptors (Lipinski definition) is 4. The second-order valence-electron chi connectivity index (χ2n) is 7.42. The van der Waals surface area contributed by atoms with Crippen LogP contribution in [0.5, 0.6) is 0 Å². The number of benzene rings is 2. The number of pyridine rings is 1. The number of nitriles is 1. The maximum atomic E-state index is 12.6. The topological polar surface area (TPSA) is 96.8 Å². The number of aromatic amines is 1. The number of H-pyrrole nitrogens is 1. The highest BCUT2D eigenvalue weighted by atomic mass is 16.2. The van der Waals surface area contributed by atoms with Crippen LogP contribution < -0.4 is 15.5 Å². The van der Waals surface area contributed by atoms with E-state index >= 15 is 0 Å². The molecular weight excluding hydrogens is 388 g/mol. The third kappa shape index (κ3) is 3.55. The molecule has 2 aromatic carbocycles. The van der Waals surface area contributed by atoms with Crippen LogP contribution in [0, 0.1) is 11.3 Å². The van der Waals surface area contributed by atoms with Gasteiger partial charge in [0, 0.05) is 47.8 Å². The molecule has 0 unspecified atom stereocenters. The summed E-state index contributed by atoms with van der Waals surface area (Å²) in [6.07, 6.45) is 4.58. The van der Waals surface area contributed by atoms with Gasteiger partial charge in [0.25, 0.3) is 0 Å². The molecule has 0 bridgehead atoms. The van der Waals surface area contributed by atoms with Gasteiger partial charge in [0.05, 0.1) is 11.3 Å². The summed E-state index contributed by atoms with van der Waals surface area (Å²) in [6, 6.07) is 18.7. The number of fused-ring (bicyclic) bond motifs is 2. The number of anilines is 3. The third-order valence-electron chi connectivity index (χ3n) is 5.58. The van der Waals surface area contributed by atoms with Gasteiger partial charge in [0.2, 0.25) is 0 Å². The fraction of sp³-hybridized carbons (Fsp3) is 0.125. The summed E-state index contributed by atoms with van der Waals surface area (Å²) in [4.78, 5) is 22.4. The Kier molecular flexibility index (Phi) is 4.73. The molecule has 1 aliphatic heterocycles. The molecule has 5 rings (SSSR count). The van der Waals surface area contributed by atoms with Gasteiger partial charge in [0.1, 0.15) is 11.7 Å². The molecule has 4 aromatic rings. The number of nitrogens with zero attached hydrogens (tertiary/aromatic N) is 3. The van der Waals surface area contributed by atoms with E-state index in [9.17, 15) is 10.1 Å². The first kappa shape index (κ1) is 18.7. The molecule has 0 spiro atoms. The van der Waals surface area contributed by atoms with Gasteiger partial charge in [-0.1, -0.05) is 18.2 Å². The molecule has 7 heteroatoms. The zero-order chi connectivity index (χ0) is 21.2. The number of hydrogen-bond donors (Lipinski definition) is 3. The third-order valence-corrected chi connectivity index (χ3v) is 5.58. The summed E-state index contributed by atoms with van der Waals surface area (Å²) in [7, 11) is 0. The molecule has 3 heterocycles. The Labute approximate surface area is 179 Å². The first-order valence-corrected chi connectivity index (χ1v) is 10.1. The predicted octanol–water partition coefficient (Wildman–Crippen LogP) is 4.64. The quantitative estimate of drug-likeness (QED) is 0.458. The predicted molar refractivity (Wildman–Crippen MR) is 121 cm³/mol. The molecule has 0 fully saturated rings. The van der Waals surface area contributed by atoms with Crippen molar-refractivity contribution >= 4 is 34.1 Å². The maximum Gasteiger partial charge on any atom is 0.323 e. The minimum absolute atomic E-state index is 0.363. The Morgan fingerprint density at radius 2 is 1.94 bits per heavy atom. The van der Waals surface area contributed by atoms with Crippen molar-refractivity contribution in [1.82, 2.24) is 9.97 Å². The first-order chi connectivity index (χ1) is 15.2. The maximum absolute atomic E-state index is 12.6. The molecule has 7 nitrogen and oxygen atoms in total. The number of para-hydroxylation sites is 1. The lowest BCUT2D eigenvalue weighted by Crippen LogP contribution is -2.21. The molecule has 2 aromatic heterocycles. The van der Waals surface area contributed by atoms with Gasteiger partial charge >= 0.3 is 6.03 Å². The molecule has 0 saturated carbocycles. The zero-order valence-corrected chi connectivity index (χ0v) is 16.7. The Hall–Kier alpha value is -4.31. The van der Waals surface area contributed by atoms with E-state index in [0.29, 0.717) is 11.3 Å². The van der Waals surface area contributed by atoms with Crippen LogP contribution in [0.2, 0.25) is 0 Å². The second kappa shape index (κ2) is 7.84. The molecule has 0 atom stereocenters. The number of aromatic nitrogens is 2. The monoisotopic (exact) mass is 408 g/mol. The number of amides is 2. The minimum atomic E-state index is -0.363. The summed E-state index contributed by atoms with van der Waals surface area (Å²) < 4.78 is 0. The van der Waals surface area contributed by atoms with E-state index in [0.717, 1.165) is 47.5 Å². The molecule has 3 N–H and O–H groups in total. The highest BCUT2D eigenvalue weighted by molar-refractivity contribution is 6.01. The van der Waals surface area contributed by atoms with Crippen molar-refractivity contribution in [2.75, 3.05) is 22.1 Å². The molecule has 0 aliphatic carbocycles. The van der Waals surface area contributed by atoms with Crippen LogP contribution in [0.25, 0.3) is 11.0 Å². The summed E-state index contributed by atoms with van der Waals surface area (Å²) in [5.74, 6) is 0. The van der Waals surface area contributed by atoms with E-state index in [4.69, 9.17) is 0 Å². The van der Waals surface area contributed by atoms with Crippen LogP contribution in [0.3, 0.4) is 0 Å². The average Bonchev–Trinajstić information content (AvgIpc) is 3.43. The first-order valence-electron chi connectivity index (χ1n) is 10.1. The SMILES string of the molecule is N#Cc1ccccc1NC(=O)Nc1cccc2c1CCN2Cc1ccnc2[nH]ccc12. The molecule has 0 saturated heterocycles. The summed E-state index contributed by atoms with van der Waals surface area (Å²) in [5, 5.41) is 16.1. The van der Waals surface area contributed by atoms with Gasteiger partial charge in [-0.15, -0.1) is 0 Å². The Morgan fingerprint density at radius 1 is 1.10 bits per heavy atom. The second-order valence-corrected chi connectivity index (χ2v) is 7.42. The lowest BCUT2D eigenvalue weighted by atomic mass is 10.1. The van der Waals surface area contributed by atoms with E-state index in [-0.39, 0.29) is 6.03 Å². The Bertz CT molecular complexity index is 1320.